The topological polar surface area (TPSA) is 63.6 Å². The molecule has 0 amide bonds. The van der Waals surface area contributed by atoms with Crippen molar-refractivity contribution in [1.82, 2.24) is 0 Å². The number of carbonyl (C=O) groups excluding carboxylic acids is 2. The molecule has 1 rings (SSSR count). The molecule has 13 heavy (non-hydrogen) atoms. The molecular weight excluding hydrogens is 172 g/mol. The fraction of sp³-hybridized carbons (Fsp3) is 0.556. The van der Waals surface area contributed by atoms with Crippen LogP contribution in [0.5, 0.6) is 0 Å². The summed E-state index contributed by atoms with van der Waals surface area (Å²) in [5.74, 6) is -1.16. The number of aliphatic hydroxyl groups excluding tert-OH is 1. The van der Waals surface area contributed by atoms with Crippen molar-refractivity contribution in [3.8, 4) is 0 Å². The predicted octanol–water partition coefficient (Wildman–Crippen LogP) is 0.971. The first-order chi connectivity index (χ1) is 6.13. The van der Waals surface area contributed by atoms with Gasteiger partial charge in [0.1, 0.15) is 0 Å². The van der Waals surface area contributed by atoms with Gasteiger partial charge in [-0.1, -0.05) is 0 Å². The molecule has 0 spiro atoms. The van der Waals surface area contributed by atoms with E-state index in [1.807, 2.05) is 0 Å². The first-order valence-electron chi connectivity index (χ1n) is 4.22. The molecule has 0 bridgehead atoms. The number of carbonyl (C=O) groups is 2. The fourth-order valence-corrected chi connectivity index (χ4v) is 1.30. The lowest BCUT2D eigenvalue weighted by atomic mass is 9.92. The number of rotatable bonds is 2. The van der Waals surface area contributed by atoms with Crippen LogP contribution in [-0.4, -0.2) is 23.5 Å². The average Bonchev–Trinajstić information content (AvgIpc) is 2.03. The van der Waals surface area contributed by atoms with Crippen molar-refractivity contribution in [2.45, 2.75) is 19.8 Å². The van der Waals surface area contributed by atoms with E-state index in [1.54, 1.807) is 6.92 Å². The van der Waals surface area contributed by atoms with Gasteiger partial charge in [0, 0.05) is 18.9 Å². The lowest BCUT2D eigenvalue weighted by Gasteiger charge is -2.16. The third-order valence-electron chi connectivity index (χ3n) is 1.85. The Hall–Kier alpha value is -1.32. The molecule has 72 valence electrons. The first-order valence-corrected chi connectivity index (χ1v) is 4.22. The van der Waals surface area contributed by atoms with E-state index < -0.39 is 11.9 Å². The predicted molar refractivity (Wildman–Crippen MR) is 45.1 cm³/mol. The van der Waals surface area contributed by atoms with Gasteiger partial charge in [-0.15, -0.1) is 0 Å². The van der Waals surface area contributed by atoms with Crippen molar-refractivity contribution in [1.29, 1.82) is 0 Å². The number of esters is 1. The highest BCUT2D eigenvalue weighted by Crippen LogP contribution is 2.21. The number of ketones is 1. The largest absolute Gasteiger partial charge is 0.512 e. The van der Waals surface area contributed by atoms with E-state index in [2.05, 4.69) is 0 Å². The lowest BCUT2D eigenvalue weighted by Crippen LogP contribution is -2.24. The third kappa shape index (κ3) is 2.57. The summed E-state index contributed by atoms with van der Waals surface area (Å²) in [6.07, 6.45) is 1.52. The standard InChI is InChI=1S/C9H12O4/c1-2-13-9(12)6-3-7(10)5-8(11)4-6/h5-6,10H,2-4H2,1H3/t6-/m1/s1. The molecule has 0 aliphatic heterocycles. The highest BCUT2D eigenvalue weighted by Gasteiger charge is 2.27. The average molecular weight is 184 g/mol. The van der Waals surface area contributed by atoms with E-state index >= 15 is 0 Å². The summed E-state index contributed by atoms with van der Waals surface area (Å²) >= 11 is 0. The van der Waals surface area contributed by atoms with E-state index in [0.29, 0.717) is 6.61 Å². The van der Waals surface area contributed by atoms with Gasteiger partial charge in [-0.25, -0.2) is 0 Å². The second kappa shape index (κ2) is 4.07. The van der Waals surface area contributed by atoms with Crippen molar-refractivity contribution in [3.63, 3.8) is 0 Å². The van der Waals surface area contributed by atoms with Crippen molar-refractivity contribution < 1.29 is 19.4 Å². The maximum absolute atomic E-state index is 11.2. The van der Waals surface area contributed by atoms with E-state index in [0.717, 1.165) is 6.08 Å². The van der Waals surface area contributed by atoms with E-state index in [4.69, 9.17) is 9.84 Å². The highest BCUT2D eigenvalue weighted by molar-refractivity contribution is 5.94. The van der Waals surface area contributed by atoms with Crippen molar-refractivity contribution in [2.75, 3.05) is 6.61 Å². The van der Waals surface area contributed by atoms with Crippen LogP contribution in [0.4, 0.5) is 0 Å². The smallest absolute Gasteiger partial charge is 0.309 e. The molecular formula is C9H12O4. The summed E-state index contributed by atoms with van der Waals surface area (Å²) in [6.45, 7) is 2.01. The molecule has 0 fully saturated rings. The Morgan fingerprint density at radius 1 is 1.69 bits per heavy atom. The van der Waals surface area contributed by atoms with Crippen molar-refractivity contribution >= 4 is 11.8 Å². The van der Waals surface area contributed by atoms with E-state index in [-0.39, 0.29) is 24.4 Å². The molecule has 1 atom stereocenters. The van der Waals surface area contributed by atoms with Crippen LogP contribution in [0.25, 0.3) is 0 Å². The number of hydrogen-bond acceptors (Lipinski definition) is 4. The van der Waals surface area contributed by atoms with Crippen LogP contribution in [0.15, 0.2) is 11.8 Å². The molecule has 0 radical (unpaired) electrons. The molecule has 0 unspecified atom stereocenters. The van der Waals surface area contributed by atoms with Crippen LogP contribution in [0, 0.1) is 5.92 Å². The Bertz CT molecular complexity index is 254. The molecule has 1 aliphatic carbocycles. The second-order valence-electron chi connectivity index (χ2n) is 2.96. The van der Waals surface area contributed by atoms with Gasteiger partial charge in [0.05, 0.1) is 18.3 Å². The Balaban J connectivity index is 2.59. The minimum atomic E-state index is -0.502. The maximum atomic E-state index is 11.2. The molecule has 0 heterocycles. The van der Waals surface area contributed by atoms with Gasteiger partial charge >= 0.3 is 5.97 Å². The molecule has 1 N–H and O–H groups in total. The normalized spacial score (nSPS) is 22.4. The number of hydrogen-bond donors (Lipinski definition) is 1. The highest BCUT2D eigenvalue weighted by atomic mass is 16.5. The van der Waals surface area contributed by atoms with Gasteiger partial charge in [-0.2, -0.15) is 0 Å². The summed E-state index contributed by atoms with van der Waals surface area (Å²) < 4.78 is 4.75. The first kappa shape index (κ1) is 9.77. The Labute approximate surface area is 76.2 Å². The van der Waals surface area contributed by atoms with Crippen LogP contribution in [-0.2, 0) is 14.3 Å². The minimum absolute atomic E-state index is 0.0331. The van der Waals surface area contributed by atoms with Crippen LogP contribution in [0.2, 0.25) is 0 Å². The molecule has 0 aromatic rings. The number of aliphatic hydroxyl groups is 1. The van der Waals surface area contributed by atoms with Crippen LogP contribution < -0.4 is 0 Å². The summed E-state index contributed by atoms with van der Waals surface area (Å²) in [5, 5.41) is 9.10. The summed E-state index contributed by atoms with van der Waals surface area (Å²) in [7, 11) is 0. The Morgan fingerprint density at radius 3 is 2.92 bits per heavy atom. The SMILES string of the molecule is CCOC(=O)[C@H]1CC(=O)C=C(O)C1. The van der Waals surface area contributed by atoms with Gasteiger partial charge in [0.2, 0.25) is 0 Å². The molecule has 0 aromatic carbocycles. The van der Waals surface area contributed by atoms with Crippen molar-refractivity contribution in [2.24, 2.45) is 5.92 Å². The minimum Gasteiger partial charge on any atom is -0.512 e. The van der Waals surface area contributed by atoms with Gasteiger partial charge in [-0.05, 0) is 6.92 Å². The van der Waals surface area contributed by atoms with Crippen LogP contribution in [0.1, 0.15) is 19.8 Å². The van der Waals surface area contributed by atoms with Gasteiger partial charge in [-0.3, -0.25) is 9.59 Å². The Morgan fingerprint density at radius 2 is 2.38 bits per heavy atom. The molecule has 0 saturated carbocycles. The van der Waals surface area contributed by atoms with Crippen LogP contribution in [0.3, 0.4) is 0 Å². The molecule has 0 saturated heterocycles. The maximum Gasteiger partial charge on any atom is 0.309 e. The number of allylic oxidation sites excluding steroid dienone is 2. The van der Waals surface area contributed by atoms with E-state index in [1.165, 1.54) is 0 Å². The zero-order valence-electron chi connectivity index (χ0n) is 7.45. The second-order valence-corrected chi connectivity index (χ2v) is 2.96. The van der Waals surface area contributed by atoms with Gasteiger partial charge in [0.15, 0.2) is 5.78 Å². The zero-order chi connectivity index (χ0) is 9.84. The zero-order valence-corrected chi connectivity index (χ0v) is 7.45. The molecule has 4 heteroatoms. The quantitative estimate of drug-likeness (QED) is 0.649. The monoisotopic (exact) mass is 184 g/mol. The van der Waals surface area contributed by atoms with E-state index in [9.17, 15) is 9.59 Å². The number of ether oxygens (including phenoxy) is 1. The van der Waals surface area contributed by atoms with Gasteiger partial charge in [0.25, 0.3) is 0 Å². The van der Waals surface area contributed by atoms with Crippen LogP contribution >= 0.6 is 0 Å². The molecule has 1 aliphatic rings. The molecule has 4 nitrogen and oxygen atoms in total. The molecule has 0 aromatic heterocycles. The fourth-order valence-electron chi connectivity index (χ4n) is 1.30. The Kier molecular flexibility index (Phi) is 3.06. The lowest BCUT2D eigenvalue weighted by molar-refractivity contribution is -0.149. The third-order valence-corrected chi connectivity index (χ3v) is 1.85. The summed E-state index contributed by atoms with van der Waals surface area (Å²) in [6, 6.07) is 0. The summed E-state index contributed by atoms with van der Waals surface area (Å²) in [5.41, 5.74) is 0. The van der Waals surface area contributed by atoms with Gasteiger partial charge < -0.3 is 9.84 Å². The van der Waals surface area contributed by atoms with Crippen molar-refractivity contribution in [3.05, 3.63) is 11.8 Å². The summed E-state index contributed by atoms with van der Waals surface area (Å²) in [4.78, 5) is 22.1.